The van der Waals surface area contributed by atoms with E-state index >= 15 is 0 Å². The molecular formula is C26H31N5O. The maximum atomic E-state index is 12.5. The lowest BCUT2D eigenvalue weighted by atomic mass is 10.1. The second kappa shape index (κ2) is 10.9. The maximum Gasteiger partial charge on any atom is 0.251 e. The van der Waals surface area contributed by atoms with Gasteiger partial charge in [0.25, 0.3) is 5.91 Å². The Hall–Kier alpha value is -3.25. The molecule has 1 aromatic heterocycles. The van der Waals surface area contributed by atoms with Crippen LogP contribution < -0.4 is 10.2 Å². The zero-order valence-electron chi connectivity index (χ0n) is 18.7. The van der Waals surface area contributed by atoms with Gasteiger partial charge in [-0.1, -0.05) is 49.4 Å². The lowest BCUT2D eigenvalue weighted by Gasteiger charge is -2.20. The van der Waals surface area contributed by atoms with Crippen molar-refractivity contribution in [1.29, 1.82) is 0 Å². The first kappa shape index (κ1) is 22.0. The van der Waals surface area contributed by atoms with Crippen molar-refractivity contribution in [2.75, 3.05) is 37.6 Å². The van der Waals surface area contributed by atoms with Gasteiger partial charge < -0.3 is 10.2 Å². The van der Waals surface area contributed by atoms with E-state index in [9.17, 15) is 4.79 Å². The summed E-state index contributed by atoms with van der Waals surface area (Å²) in [7, 11) is 0. The van der Waals surface area contributed by atoms with Gasteiger partial charge in [0.2, 0.25) is 0 Å². The number of carbonyl (C=O) groups is 1. The van der Waals surface area contributed by atoms with Crippen LogP contribution in [0, 0.1) is 0 Å². The summed E-state index contributed by atoms with van der Waals surface area (Å²) in [6.07, 6.45) is 2.44. The van der Waals surface area contributed by atoms with Crippen molar-refractivity contribution < 1.29 is 4.79 Å². The largest absolute Gasteiger partial charge is 0.355 e. The highest BCUT2D eigenvalue weighted by Crippen LogP contribution is 2.21. The van der Waals surface area contributed by atoms with E-state index in [0.29, 0.717) is 12.1 Å². The Labute approximate surface area is 190 Å². The molecule has 6 nitrogen and oxygen atoms in total. The highest BCUT2D eigenvalue weighted by molar-refractivity contribution is 5.94. The van der Waals surface area contributed by atoms with Crippen molar-refractivity contribution in [2.24, 2.45) is 0 Å². The molecule has 0 radical (unpaired) electrons. The molecular weight excluding hydrogens is 398 g/mol. The Bertz CT molecular complexity index is 983. The molecule has 6 heteroatoms. The zero-order valence-corrected chi connectivity index (χ0v) is 18.7. The molecule has 1 aliphatic rings. The minimum Gasteiger partial charge on any atom is -0.355 e. The third-order valence-corrected chi connectivity index (χ3v) is 5.93. The van der Waals surface area contributed by atoms with Crippen LogP contribution in [0.4, 0.5) is 5.82 Å². The van der Waals surface area contributed by atoms with Crippen LogP contribution in [0.1, 0.15) is 35.7 Å². The van der Waals surface area contributed by atoms with Crippen molar-refractivity contribution in [3.8, 4) is 11.3 Å². The van der Waals surface area contributed by atoms with Crippen LogP contribution in [-0.4, -0.2) is 53.7 Å². The van der Waals surface area contributed by atoms with Crippen LogP contribution in [0.3, 0.4) is 0 Å². The number of likely N-dealkylation sites (N-methyl/N-ethyl adjacent to an activating group) is 1. The molecule has 4 rings (SSSR count). The number of anilines is 1. The van der Waals surface area contributed by atoms with E-state index in [-0.39, 0.29) is 5.91 Å². The molecule has 1 N–H and O–H groups in total. The van der Waals surface area contributed by atoms with E-state index in [1.165, 1.54) is 18.4 Å². The number of rotatable bonds is 9. The Morgan fingerprint density at radius 2 is 1.72 bits per heavy atom. The molecule has 1 saturated heterocycles. The fourth-order valence-corrected chi connectivity index (χ4v) is 4.01. The monoisotopic (exact) mass is 429 g/mol. The summed E-state index contributed by atoms with van der Waals surface area (Å²) < 4.78 is 0. The number of benzene rings is 2. The fraction of sp³-hybridized carbons (Fsp3) is 0.346. The predicted molar refractivity (Wildman–Crippen MR) is 129 cm³/mol. The highest BCUT2D eigenvalue weighted by Gasteiger charge is 2.14. The summed E-state index contributed by atoms with van der Waals surface area (Å²) in [6, 6.07) is 22.0. The summed E-state index contributed by atoms with van der Waals surface area (Å²) in [5.74, 6) is 0.887. The Kier molecular flexibility index (Phi) is 7.46. The van der Waals surface area contributed by atoms with Crippen LogP contribution in [-0.2, 0) is 6.54 Å². The summed E-state index contributed by atoms with van der Waals surface area (Å²) in [4.78, 5) is 17.1. The van der Waals surface area contributed by atoms with Gasteiger partial charge in [0.05, 0.1) is 5.69 Å². The summed E-state index contributed by atoms with van der Waals surface area (Å²) in [5, 5.41) is 11.8. The third kappa shape index (κ3) is 5.71. The van der Waals surface area contributed by atoms with E-state index in [1.54, 1.807) is 0 Å². The van der Waals surface area contributed by atoms with E-state index in [0.717, 1.165) is 49.8 Å². The molecule has 32 heavy (non-hydrogen) atoms. The molecule has 0 aliphatic carbocycles. The van der Waals surface area contributed by atoms with Gasteiger partial charge in [-0.15, -0.1) is 10.2 Å². The Balaban J connectivity index is 1.28. The highest BCUT2D eigenvalue weighted by atomic mass is 16.1. The van der Waals surface area contributed by atoms with Crippen molar-refractivity contribution in [2.45, 2.75) is 26.3 Å². The minimum atomic E-state index is -0.0530. The number of amides is 1. The van der Waals surface area contributed by atoms with Gasteiger partial charge in [0, 0.05) is 43.9 Å². The van der Waals surface area contributed by atoms with Crippen molar-refractivity contribution >= 4 is 11.7 Å². The number of hydrogen-bond acceptors (Lipinski definition) is 5. The zero-order chi connectivity index (χ0) is 22.2. The van der Waals surface area contributed by atoms with E-state index in [4.69, 9.17) is 0 Å². The first-order chi connectivity index (χ1) is 15.7. The van der Waals surface area contributed by atoms with Gasteiger partial charge in [0.15, 0.2) is 5.82 Å². The molecule has 2 heterocycles. The fourth-order valence-electron chi connectivity index (χ4n) is 4.01. The second-order valence-corrected chi connectivity index (χ2v) is 8.16. The molecule has 3 aromatic rings. The SMILES string of the molecule is CCN(CCNC(=O)c1ccc(-c2ccc(N3CCCC3)nn2)cc1)Cc1ccccc1. The topological polar surface area (TPSA) is 61.4 Å². The van der Waals surface area contributed by atoms with E-state index in [2.05, 4.69) is 56.5 Å². The number of nitrogens with zero attached hydrogens (tertiary/aromatic N) is 4. The quantitative estimate of drug-likeness (QED) is 0.557. The van der Waals surface area contributed by atoms with Crippen LogP contribution >= 0.6 is 0 Å². The van der Waals surface area contributed by atoms with Crippen LogP contribution in [0.15, 0.2) is 66.7 Å². The summed E-state index contributed by atoms with van der Waals surface area (Å²) in [6.45, 7) is 7.51. The number of hydrogen-bond donors (Lipinski definition) is 1. The van der Waals surface area contributed by atoms with Gasteiger partial charge in [-0.3, -0.25) is 9.69 Å². The van der Waals surface area contributed by atoms with Crippen LogP contribution in [0.5, 0.6) is 0 Å². The van der Waals surface area contributed by atoms with Crippen LogP contribution in [0.25, 0.3) is 11.3 Å². The lowest BCUT2D eigenvalue weighted by Crippen LogP contribution is -2.34. The molecule has 0 unspecified atom stereocenters. The predicted octanol–water partition coefficient (Wildman–Crippen LogP) is 4.00. The normalized spacial score (nSPS) is 13.5. The van der Waals surface area contributed by atoms with Gasteiger partial charge in [-0.25, -0.2) is 0 Å². The number of nitrogens with one attached hydrogen (secondary N) is 1. The maximum absolute atomic E-state index is 12.5. The van der Waals surface area contributed by atoms with Gasteiger partial charge in [0.1, 0.15) is 0 Å². The lowest BCUT2D eigenvalue weighted by molar-refractivity contribution is 0.0948. The van der Waals surface area contributed by atoms with Crippen LogP contribution in [0.2, 0.25) is 0 Å². The summed E-state index contributed by atoms with van der Waals surface area (Å²) >= 11 is 0. The molecule has 166 valence electrons. The first-order valence-electron chi connectivity index (χ1n) is 11.5. The molecule has 0 atom stereocenters. The molecule has 1 aliphatic heterocycles. The standard InChI is InChI=1S/C26H31N5O/c1-2-30(20-21-8-4-3-5-9-21)19-16-27-26(32)23-12-10-22(11-13-23)24-14-15-25(29-28-24)31-17-6-7-18-31/h3-5,8-15H,2,6-7,16-20H2,1H3,(H,27,32). The first-order valence-corrected chi connectivity index (χ1v) is 11.5. The average molecular weight is 430 g/mol. The molecule has 0 bridgehead atoms. The molecule has 1 fully saturated rings. The van der Waals surface area contributed by atoms with Gasteiger partial charge >= 0.3 is 0 Å². The molecule has 0 spiro atoms. The minimum absolute atomic E-state index is 0.0530. The van der Waals surface area contributed by atoms with Crippen molar-refractivity contribution in [3.63, 3.8) is 0 Å². The van der Waals surface area contributed by atoms with Crippen molar-refractivity contribution in [1.82, 2.24) is 20.4 Å². The van der Waals surface area contributed by atoms with Gasteiger partial charge in [-0.2, -0.15) is 0 Å². The van der Waals surface area contributed by atoms with Gasteiger partial charge in [-0.05, 0) is 49.2 Å². The van der Waals surface area contributed by atoms with E-state index in [1.807, 2.05) is 42.5 Å². The number of carbonyl (C=O) groups excluding carboxylic acids is 1. The van der Waals surface area contributed by atoms with E-state index < -0.39 is 0 Å². The number of aromatic nitrogens is 2. The third-order valence-electron chi connectivity index (χ3n) is 5.93. The smallest absolute Gasteiger partial charge is 0.251 e. The summed E-state index contributed by atoms with van der Waals surface area (Å²) in [5.41, 5.74) is 3.72. The Morgan fingerprint density at radius 3 is 2.38 bits per heavy atom. The molecule has 1 amide bonds. The average Bonchev–Trinajstić information content (AvgIpc) is 3.39. The molecule has 2 aromatic carbocycles. The molecule has 0 saturated carbocycles. The second-order valence-electron chi connectivity index (χ2n) is 8.16. The van der Waals surface area contributed by atoms with Crippen molar-refractivity contribution in [3.05, 3.63) is 77.9 Å². The Morgan fingerprint density at radius 1 is 0.969 bits per heavy atom.